The molecule has 2 aromatic heterocycles. The molecule has 0 spiro atoms. The highest BCUT2D eigenvalue weighted by Gasteiger charge is 2.71. The van der Waals surface area contributed by atoms with E-state index in [9.17, 15) is 31.4 Å². The zero-order chi connectivity index (χ0) is 25.6. The van der Waals surface area contributed by atoms with Crippen LogP contribution in [0.15, 0.2) is 42.5 Å². The normalized spacial score (nSPS) is 12.9. The van der Waals surface area contributed by atoms with E-state index in [-0.39, 0.29) is 24.7 Å². The van der Waals surface area contributed by atoms with E-state index in [0.717, 1.165) is 12.1 Å². The summed E-state index contributed by atoms with van der Waals surface area (Å²) in [6.45, 7) is -0.0480. The summed E-state index contributed by atoms with van der Waals surface area (Å²) in [5.41, 5.74) is 0.506. The number of fused-ring (bicyclic) bond motifs is 3. The summed E-state index contributed by atoms with van der Waals surface area (Å²) >= 11 is 0. The summed E-state index contributed by atoms with van der Waals surface area (Å²) in [7, 11) is 1.49. The van der Waals surface area contributed by atoms with Crippen molar-refractivity contribution in [2.45, 2.75) is 24.4 Å². The number of anilines is 1. The third kappa shape index (κ3) is 4.13. The third-order valence-corrected chi connectivity index (χ3v) is 5.24. The van der Waals surface area contributed by atoms with Crippen molar-refractivity contribution >= 4 is 22.5 Å². The second-order valence-corrected chi connectivity index (χ2v) is 7.42. The number of nitrogens with two attached hydrogens (primary N) is 1. The molecule has 0 atom stereocenters. The van der Waals surface area contributed by atoms with Crippen LogP contribution in [0.4, 0.5) is 32.3 Å². The van der Waals surface area contributed by atoms with Crippen LogP contribution >= 0.6 is 0 Å². The summed E-state index contributed by atoms with van der Waals surface area (Å²) in [4.78, 5) is 8.70. The molecule has 0 saturated carbocycles. The van der Waals surface area contributed by atoms with Crippen LogP contribution in [0, 0.1) is 0 Å². The number of para-hydroxylation sites is 1. The number of nitrogen functional groups attached to an aromatic ring is 1. The highest BCUT2D eigenvalue weighted by atomic mass is 19.4. The van der Waals surface area contributed by atoms with Gasteiger partial charge in [0.1, 0.15) is 17.0 Å². The lowest BCUT2D eigenvalue weighted by Gasteiger charge is -2.32. The first-order valence-corrected chi connectivity index (χ1v) is 9.94. The largest absolute Gasteiger partial charge is 0.494 e. The van der Waals surface area contributed by atoms with Crippen molar-refractivity contribution in [1.82, 2.24) is 19.6 Å². The standard InChI is InChI=1S/C21H17F6N5O3/c1-34-14-4-2-3-13-16(14)30-18(28)32-17(13)29-15(31-32)9-10-35-12-7-5-11(6-8-12)19(33,20(22,23)24)21(25,26)27/h2-8,33H,9-10H2,1H3,(H2,28,30). The Balaban J connectivity index is 1.51. The Labute approximate surface area is 192 Å². The predicted molar refractivity (Wildman–Crippen MR) is 111 cm³/mol. The molecular weight excluding hydrogens is 484 g/mol. The van der Waals surface area contributed by atoms with Crippen LogP contribution in [0.2, 0.25) is 0 Å². The third-order valence-electron chi connectivity index (χ3n) is 5.24. The van der Waals surface area contributed by atoms with E-state index in [1.54, 1.807) is 18.2 Å². The molecule has 0 amide bonds. The smallest absolute Gasteiger partial charge is 0.430 e. The van der Waals surface area contributed by atoms with Crippen molar-refractivity contribution in [1.29, 1.82) is 0 Å². The highest BCUT2D eigenvalue weighted by molar-refractivity contribution is 5.95. The summed E-state index contributed by atoms with van der Waals surface area (Å²) in [5.74, 6) is 0.861. The van der Waals surface area contributed by atoms with Gasteiger partial charge in [-0.15, -0.1) is 5.10 Å². The van der Waals surface area contributed by atoms with E-state index < -0.39 is 23.5 Å². The van der Waals surface area contributed by atoms with Crippen molar-refractivity contribution < 1.29 is 40.9 Å². The van der Waals surface area contributed by atoms with Crippen LogP contribution in [0.5, 0.6) is 11.5 Å². The predicted octanol–water partition coefficient (Wildman–Crippen LogP) is 3.80. The maximum Gasteiger partial charge on any atom is 0.430 e. The van der Waals surface area contributed by atoms with Crippen molar-refractivity contribution in [3.8, 4) is 11.5 Å². The molecule has 0 aliphatic rings. The van der Waals surface area contributed by atoms with Gasteiger partial charge in [-0.1, -0.05) is 18.2 Å². The lowest BCUT2D eigenvalue weighted by molar-refractivity contribution is -0.376. The minimum absolute atomic E-state index is 0.0134. The van der Waals surface area contributed by atoms with Crippen LogP contribution in [-0.4, -0.2) is 50.8 Å². The monoisotopic (exact) mass is 501 g/mol. The first-order chi connectivity index (χ1) is 16.4. The molecule has 0 bridgehead atoms. The minimum atomic E-state index is -5.96. The van der Waals surface area contributed by atoms with Crippen LogP contribution in [-0.2, 0) is 12.0 Å². The summed E-state index contributed by atoms with van der Waals surface area (Å²) in [5, 5.41) is 14.3. The summed E-state index contributed by atoms with van der Waals surface area (Å²) in [6, 6.07) is 8.04. The fraction of sp³-hybridized carbons (Fsp3) is 0.286. The Kier molecular flexibility index (Phi) is 5.87. The van der Waals surface area contributed by atoms with E-state index in [0.29, 0.717) is 40.3 Å². The molecule has 8 nitrogen and oxygen atoms in total. The number of rotatable bonds is 6. The Morgan fingerprint density at radius 3 is 2.23 bits per heavy atom. The number of halogens is 6. The van der Waals surface area contributed by atoms with Crippen molar-refractivity contribution in [3.05, 3.63) is 53.9 Å². The topological polar surface area (TPSA) is 108 Å². The van der Waals surface area contributed by atoms with Crippen molar-refractivity contribution in [3.63, 3.8) is 0 Å². The molecular formula is C21H17F6N5O3. The second-order valence-electron chi connectivity index (χ2n) is 7.42. The lowest BCUT2D eigenvalue weighted by Crippen LogP contribution is -2.53. The Bertz CT molecular complexity index is 1350. The molecule has 0 saturated heterocycles. The fourth-order valence-corrected chi connectivity index (χ4v) is 3.48. The molecule has 35 heavy (non-hydrogen) atoms. The van der Waals surface area contributed by atoms with Gasteiger partial charge in [0.15, 0.2) is 11.5 Å². The molecule has 4 aromatic rings. The Morgan fingerprint density at radius 2 is 1.63 bits per heavy atom. The maximum absolute atomic E-state index is 13.0. The molecule has 0 aliphatic carbocycles. The maximum atomic E-state index is 13.0. The molecule has 2 aromatic carbocycles. The zero-order valence-corrected chi connectivity index (χ0v) is 17.9. The number of methoxy groups -OCH3 is 1. The van der Waals surface area contributed by atoms with Gasteiger partial charge in [0.2, 0.25) is 5.95 Å². The van der Waals surface area contributed by atoms with Crippen LogP contribution in [0.3, 0.4) is 0 Å². The van der Waals surface area contributed by atoms with E-state index in [4.69, 9.17) is 15.2 Å². The Morgan fingerprint density at radius 1 is 0.971 bits per heavy atom. The number of ether oxygens (including phenoxy) is 2. The fourth-order valence-electron chi connectivity index (χ4n) is 3.48. The quantitative estimate of drug-likeness (QED) is 0.387. The summed E-state index contributed by atoms with van der Waals surface area (Å²) < 4.78 is 90.0. The van der Waals surface area contributed by atoms with Gasteiger partial charge in [-0.2, -0.15) is 30.9 Å². The Hall–Kier alpha value is -3.81. The highest BCUT2D eigenvalue weighted by Crippen LogP contribution is 2.50. The van der Waals surface area contributed by atoms with E-state index in [1.807, 2.05) is 0 Å². The van der Waals surface area contributed by atoms with E-state index in [1.165, 1.54) is 11.6 Å². The minimum Gasteiger partial charge on any atom is -0.494 e. The number of aliphatic hydroxyl groups is 1. The van der Waals surface area contributed by atoms with Crippen LogP contribution < -0.4 is 15.2 Å². The van der Waals surface area contributed by atoms with Gasteiger partial charge in [0.05, 0.1) is 13.7 Å². The van der Waals surface area contributed by atoms with Crippen molar-refractivity contribution in [2.75, 3.05) is 19.5 Å². The number of hydrogen-bond acceptors (Lipinski definition) is 7. The molecule has 0 radical (unpaired) electrons. The van der Waals surface area contributed by atoms with Gasteiger partial charge < -0.3 is 20.3 Å². The van der Waals surface area contributed by atoms with Crippen molar-refractivity contribution in [2.24, 2.45) is 0 Å². The lowest BCUT2D eigenvalue weighted by atomic mass is 9.92. The SMILES string of the molecule is COc1cccc2c1nc(N)n1nc(CCOc3ccc(C(O)(C(F)(F)F)C(F)(F)F)cc3)nc21. The van der Waals surface area contributed by atoms with E-state index in [2.05, 4.69) is 15.1 Å². The zero-order valence-electron chi connectivity index (χ0n) is 17.9. The summed E-state index contributed by atoms with van der Waals surface area (Å²) in [6.07, 6.45) is -11.8. The van der Waals surface area contributed by atoms with Gasteiger partial charge in [0, 0.05) is 17.4 Å². The van der Waals surface area contributed by atoms with Crippen LogP contribution in [0.25, 0.3) is 16.6 Å². The molecule has 2 heterocycles. The average Bonchev–Trinajstić information content (AvgIpc) is 3.22. The first kappa shape index (κ1) is 24.3. The van der Waals surface area contributed by atoms with Gasteiger partial charge in [-0.05, 0) is 24.3 Å². The number of nitrogens with zero attached hydrogens (tertiary/aromatic N) is 4. The second kappa shape index (κ2) is 8.45. The molecule has 14 heteroatoms. The number of alkyl halides is 6. The molecule has 0 unspecified atom stereocenters. The van der Waals surface area contributed by atoms with Crippen LogP contribution in [0.1, 0.15) is 11.4 Å². The van der Waals surface area contributed by atoms with Gasteiger partial charge >= 0.3 is 12.4 Å². The molecule has 0 aliphatic heterocycles. The van der Waals surface area contributed by atoms with E-state index >= 15 is 0 Å². The molecule has 0 fully saturated rings. The average molecular weight is 501 g/mol. The first-order valence-electron chi connectivity index (χ1n) is 9.94. The van der Waals surface area contributed by atoms with Gasteiger partial charge in [-0.3, -0.25) is 0 Å². The molecule has 3 N–H and O–H groups in total. The van der Waals surface area contributed by atoms with Gasteiger partial charge in [-0.25, -0.2) is 9.97 Å². The molecule has 186 valence electrons. The number of hydrogen-bond donors (Lipinski definition) is 2. The molecule has 4 rings (SSSR count). The number of aromatic nitrogens is 4. The number of benzene rings is 2. The van der Waals surface area contributed by atoms with Gasteiger partial charge in [0.25, 0.3) is 5.60 Å².